The molecule has 2 aliphatic carbocycles. The summed E-state index contributed by atoms with van der Waals surface area (Å²) in [6.07, 6.45) is 5.70. The van der Waals surface area contributed by atoms with Crippen molar-refractivity contribution >= 4 is 5.97 Å². The first-order valence-electron chi connectivity index (χ1n) is 6.62. The molecule has 100 valence electrons. The fourth-order valence-corrected chi connectivity index (χ4v) is 3.32. The topological polar surface area (TPSA) is 57.5 Å². The molecule has 0 radical (unpaired) electrons. The van der Waals surface area contributed by atoms with Crippen molar-refractivity contribution in [3.05, 3.63) is 23.3 Å². The van der Waals surface area contributed by atoms with Crippen LogP contribution in [0, 0.1) is 17.3 Å². The van der Waals surface area contributed by atoms with Crippen molar-refractivity contribution in [3.8, 4) is 0 Å². The Morgan fingerprint density at radius 3 is 2.61 bits per heavy atom. The first-order valence-corrected chi connectivity index (χ1v) is 6.62. The highest BCUT2D eigenvalue weighted by atomic mass is 16.4. The second-order valence-corrected chi connectivity index (χ2v) is 6.01. The smallest absolute Gasteiger partial charge is 0.307 e. The summed E-state index contributed by atoms with van der Waals surface area (Å²) in [7, 11) is 0. The van der Waals surface area contributed by atoms with Crippen LogP contribution in [0.4, 0.5) is 0 Å². The largest absolute Gasteiger partial charge is 0.481 e. The van der Waals surface area contributed by atoms with E-state index >= 15 is 0 Å². The lowest BCUT2D eigenvalue weighted by Gasteiger charge is -2.46. The van der Waals surface area contributed by atoms with Crippen LogP contribution in [-0.2, 0) is 4.79 Å². The van der Waals surface area contributed by atoms with Crippen LogP contribution < -0.4 is 0 Å². The lowest BCUT2D eigenvalue weighted by Crippen LogP contribution is -2.47. The number of carboxylic acid groups (broad SMARTS) is 1. The summed E-state index contributed by atoms with van der Waals surface area (Å²) in [5, 5.41) is 19.7. The molecule has 18 heavy (non-hydrogen) atoms. The van der Waals surface area contributed by atoms with E-state index in [1.165, 1.54) is 5.57 Å². The van der Waals surface area contributed by atoms with E-state index in [-0.39, 0.29) is 17.3 Å². The van der Waals surface area contributed by atoms with Gasteiger partial charge in [0.25, 0.3) is 0 Å². The number of carboxylic acids is 1. The monoisotopic (exact) mass is 250 g/mol. The zero-order chi connectivity index (χ0) is 13.5. The normalized spacial score (nSPS) is 40.3. The van der Waals surface area contributed by atoms with Crippen LogP contribution in [0.15, 0.2) is 23.3 Å². The Hall–Kier alpha value is -1.09. The zero-order valence-electron chi connectivity index (χ0n) is 11.3. The molecule has 0 spiro atoms. The van der Waals surface area contributed by atoms with Gasteiger partial charge in [-0.1, -0.05) is 30.2 Å². The van der Waals surface area contributed by atoms with Crippen LogP contribution in [0.5, 0.6) is 0 Å². The molecule has 0 aromatic rings. The Labute approximate surface area is 108 Å². The SMILES string of the molecule is CC1=CC[C@]2(C)[C@@H](O)CC[C@H](C(=O)O)[C@@H]2C=C1C. The van der Waals surface area contributed by atoms with Gasteiger partial charge >= 0.3 is 5.97 Å². The molecule has 2 rings (SSSR count). The summed E-state index contributed by atoms with van der Waals surface area (Å²) in [6.45, 7) is 6.10. The molecular weight excluding hydrogens is 228 g/mol. The summed E-state index contributed by atoms with van der Waals surface area (Å²) >= 11 is 0. The van der Waals surface area contributed by atoms with Gasteiger partial charge in [0, 0.05) is 5.41 Å². The first kappa shape index (κ1) is 13.3. The number of carbonyl (C=O) groups is 1. The highest BCUT2D eigenvalue weighted by Crippen LogP contribution is 2.50. The van der Waals surface area contributed by atoms with E-state index in [4.69, 9.17) is 0 Å². The predicted octanol–water partition coefficient (Wildman–Crippen LogP) is 2.76. The van der Waals surface area contributed by atoms with E-state index in [9.17, 15) is 15.0 Å². The van der Waals surface area contributed by atoms with Gasteiger partial charge in [0.1, 0.15) is 0 Å². The molecule has 0 aromatic heterocycles. The molecular formula is C15H22O3. The summed E-state index contributed by atoms with van der Waals surface area (Å²) < 4.78 is 0. The van der Waals surface area contributed by atoms with Crippen molar-refractivity contribution in [2.45, 2.75) is 46.1 Å². The molecule has 1 saturated carbocycles. The maximum absolute atomic E-state index is 11.4. The van der Waals surface area contributed by atoms with Gasteiger partial charge in [-0.15, -0.1) is 0 Å². The van der Waals surface area contributed by atoms with Crippen molar-refractivity contribution in [2.24, 2.45) is 17.3 Å². The van der Waals surface area contributed by atoms with E-state index in [0.717, 1.165) is 12.0 Å². The fraction of sp³-hybridized carbons (Fsp3) is 0.667. The standard InChI is InChI=1S/C15H22O3/c1-9-6-7-15(3)12(8-10(9)2)11(14(17)18)4-5-13(15)16/h6,8,11-13,16H,4-5,7H2,1-3H3,(H,17,18)/t11-,12-,13-,15-/m0/s1. The Balaban J connectivity index is 2.46. The highest BCUT2D eigenvalue weighted by molar-refractivity contribution is 5.71. The molecule has 0 aromatic carbocycles. The third-order valence-corrected chi connectivity index (χ3v) is 4.92. The van der Waals surface area contributed by atoms with Crippen LogP contribution in [0.25, 0.3) is 0 Å². The van der Waals surface area contributed by atoms with Crippen molar-refractivity contribution < 1.29 is 15.0 Å². The Bertz CT molecular complexity index is 421. The molecule has 0 unspecified atom stereocenters. The van der Waals surface area contributed by atoms with Crippen molar-refractivity contribution in [3.63, 3.8) is 0 Å². The van der Waals surface area contributed by atoms with Crippen molar-refractivity contribution in [1.82, 2.24) is 0 Å². The zero-order valence-corrected chi connectivity index (χ0v) is 11.3. The van der Waals surface area contributed by atoms with Gasteiger partial charge in [0.15, 0.2) is 0 Å². The Morgan fingerprint density at radius 2 is 2.00 bits per heavy atom. The quantitative estimate of drug-likeness (QED) is 0.752. The number of aliphatic hydroxyl groups excluding tert-OH is 1. The molecule has 0 heterocycles. The molecule has 0 amide bonds. The number of aliphatic carboxylic acids is 1. The first-order chi connectivity index (χ1) is 8.36. The number of fused-ring (bicyclic) bond motifs is 1. The van der Waals surface area contributed by atoms with Crippen molar-refractivity contribution in [2.75, 3.05) is 0 Å². The minimum absolute atomic E-state index is 0.0764. The number of aliphatic hydroxyl groups is 1. The maximum Gasteiger partial charge on any atom is 0.307 e. The number of allylic oxidation sites excluding steroid dienone is 4. The van der Waals surface area contributed by atoms with E-state index in [2.05, 4.69) is 19.1 Å². The summed E-state index contributed by atoms with van der Waals surface area (Å²) in [5.41, 5.74) is 1.99. The third-order valence-electron chi connectivity index (χ3n) is 4.92. The second kappa shape index (κ2) is 4.54. The average molecular weight is 250 g/mol. The highest BCUT2D eigenvalue weighted by Gasteiger charge is 2.49. The lowest BCUT2D eigenvalue weighted by molar-refractivity contribution is -0.150. The van der Waals surface area contributed by atoms with Gasteiger partial charge in [-0.2, -0.15) is 0 Å². The van der Waals surface area contributed by atoms with Crippen LogP contribution in [-0.4, -0.2) is 22.3 Å². The minimum Gasteiger partial charge on any atom is -0.481 e. The van der Waals surface area contributed by atoms with Gasteiger partial charge < -0.3 is 10.2 Å². The maximum atomic E-state index is 11.4. The van der Waals surface area contributed by atoms with Gasteiger partial charge in [-0.05, 0) is 39.0 Å². The minimum atomic E-state index is -0.735. The van der Waals surface area contributed by atoms with Crippen molar-refractivity contribution in [1.29, 1.82) is 0 Å². The Kier molecular flexibility index (Phi) is 3.37. The van der Waals surface area contributed by atoms with E-state index < -0.39 is 12.1 Å². The summed E-state index contributed by atoms with van der Waals surface area (Å²) in [4.78, 5) is 11.4. The second-order valence-electron chi connectivity index (χ2n) is 6.01. The molecule has 2 aliphatic rings. The fourth-order valence-electron chi connectivity index (χ4n) is 3.32. The lowest BCUT2D eigenvalue weighted by atomic mass is 9.59. The molecule has 0 saturated heterocycles. The van der Waals surface area contributed by atoms with Crippen LogP contribution in [0.1, 0.15) is 40.0 Å². The van der Waals surface area contributed by atoms with E-state index in [1.807, 2.05) is 13.8 Å². The van der Waals surface area contributed by atoms with Gasteiger partial charge in [-0.3, -0.25) is 4.79 Å². The van der Waals surface area contributed by atoms with Gasteiger partial charge in [-0.25, -0.2) is 0 Å². The van der Waals surface area contributed by atoms with Crippen LogP contribution in [0.3, 0.4) is 0 Å². The number of rotatable bonds is 1. The average Bonchev–Trinajstić information content (AvgIpc) is 2.42. The van der Waals surface area contributed by atoms with E-state index in [0.29, 0.717) is 12.8 Å². The van der Waals surface area contributed by atoms with Crippen LogP contribution in [0.2, 0.25) is 0 Å². The summed E-state index contributed by atoms with van der Waals surface area (Å²) in [5.74, 6) is -1.18. The van der Waals surface area contributed by atoms with E-state index in [1.54, 1.807) is 0 Å². The number of hydrogen-bond acceptors (Lipinski definition) is 2. The molecule has 2 N–H and O–H groups in total. The molecule has 3 heteroatoms. The molecule has 1 fully saturated rings. The van der Waals surface area contributed by atoms with Crippen LogP contribution >= 0.6 is 0 Å². The number of hydrogen-bond donors (Lipinski definition) is 2. The molecule has 4 atom stereocenters. The molecule has 0 bridgehead atoms. The van der Waals surface area contributed by atoms with Gasteiger partial charge in [0.05, 0.1) is 12.0 Å². The predicted molar refractivity (Wildman–Crippen MR) is 70.1 cm³/mol. The third kappa shape index (κ3) is 2.01. The van der Waals surface area contributed by atoms with Gasteiger partial charge in [0.2, 0.25) is 0 Å². The summed E-state index contributed by atoms with van der Waals surface area (Å²) in [6, 6.07) is 0. The Morgan fingerprint density at radius 1 is 1.33 bits per heavy atom. The molecule has 3 nitrogen and oxygen atoms in total. The molecule has 0 aliphatic heterocycles.